The van der Waals surface area contributed by atoms with Crippen molar-refractivity contribution >= 4 is 23.4 Å². The molecule has 7 heteroatoms. The Morgan fingerprint density at radius 3 is 2.96 bits per heavy atom. The largest absolute Gasteiger partial charge is 0.493 e. The second kappa shape index (κ2) is 7.31. The van der Waals surface area contributed by atoms with E-state index in [9.17, 15) is 9.59 Å². The van der Waals surface area contributed by atoms with E-state index in [1.165, 1.54) is 12.3 Å². The van der Waals surface area contributed by atoms with Crippen molar-refractivity contribution in [3.8, 4) is 5.75 Å². The Kier molecular flexibility index (Phi) is 4.96. The third-order valence-electron chi connectivity index (χ3n) is 3.66. The number of halogens is 1. The molecule has 1 aliphatic heterocycles. The molecule has 0 spiro atoms. The van der Waals surface area contributed by atoms with Gasteiger partial charge in [0.25, 0.3) is 5.91 Å². The standard InChI is InChI=1S/C17H16ClN3O3/c18-11-5-7-19-14(9-11)17(23)20-10-16(22)21-13-6-8-24-15-4-2-1-3-12(13)15/h1-5,7,9,13H,6,8,10H2,(H,20,23)(H,21,22)/t13-/m1/s1. The Hall–Kier alpha value is -2.60. The molecule has 0 radical (unpaired) electrons. The van der Waals surface area contributed by atoms with Gasteiger partial charge < -0.3 is 15.4 Å². The zero-order valence-electron chi connectivity index (χ0n) is 12.8. The second-order valence-electron chi connectivity index (χ2n) is 5.34. The van der Waals surface area contributed by atoms with Crippen LogP contribution in [0, 0.1) is 0 Å². The number of carbonyl (C=O) groups excluding carboxylic acids is 2. The molecule has 2 aromatic rings. The fourth-order valence-electron chi connectivity index (χ4n) is 2.52. The van der Waals surface area contributed by atoms with Crippen LogP contribution in [-0.2, 0) is 4.79 Å². The molecule has 6 nitrogen and oxygen atoms in total. The molecule has 0 saturated heterocycles. The van der Waals surface area contributed by atoms with Gasteiger partial charge in [0.2, 0.25) is 5.91 Å². The monoisotopic (exact) mass is 345 g/mol. The molecule has 0 saturated carbocycles. The van der Waals surface area contributed by atoms with Gasteiger partial charge in [-0.1, -0.05) is 29.8 Å². The molecule has 1 atom stereocenters. The van der Waals surface area contributed by atoms with Gasteiger partial charge in [0.15, 0.2) is 0 Å². The lowest BCUT2D eigenvalue weighted by Gasteiger charge is -2.26. The van der Waals surface area contributed by atoms with Crippen LogP contribution in [0.15, 0.2) is 42.6 Å². The summed E-state index contributed by atoms with van der Waals surface area (Å²) in [6.45, 7) is 0.410. The molecule has 0 unspecified atom stereocenters. The summed E-state index contributed by atoms with van der Waals surface area (Å²) in [5.41, 5.74) is 1.12. The Morgan fingerprint density at radius 2 is 2.12 bits per heavy atom. The van der Waals surface area contributed by atoms with Gasteiger partial charge >= 0.3 is 0 Å². The van der Waals surface area contributed by atoms with E-state index in [1.54, 1.807) is 6.07 Å². The minimum Gasteiger partial charge on any atom is -0.493 e. The predicted molar refractivity (Wildman–Crippen MR) is 89.0 cm³/mol. The minimum absolute atomic E-state index is 0.122. The number of aromatic nitrogens is 1. The number of pyridine rings is 1. The van der Waals surface area contributed by atoms with Crippen LogP contribution in [0.4, 0.5) is 0 Å². The molecule has 0 aliphatic carbocycles. The van der Waals surface area contributed by atoms with Crippen LogP contribution < -0.4 is 15.4 Å². The molecule has 0 fully saturated rings. The number of amides is 2. The number of rotatable bonds is 4. The van der Waals surface area contributed by atoms with E-state index < -0.39 is 5.91 Å². The fourth-order valence-corrected chi connectivity index (χ4v) is 2.68. The summed E-state index contributed by atoms with van der Waals surface area (Å²) >= 11 is 5.82. The number of fused-ring (bicyclic) bond motifs is 1. The first-order chi connectivity index (χ1) is 11.6. The van der Waals surface area contributed by atoms with Crippen LogP contribution in [0.1, 0.15) is 28.5 Å². The summed E-state index contributed by atoms with van der Waals surface area (Å²) in [4.78, 5) is 28.0. The highest BCUT2D eigenvalue weighted by Crippen LogP contribution is 2.31. The normalized spacial score (nSPS) is 15.8. The second-order valence-corrected chi connectivity index (χ2v) is 5.77. The van der Waals surface area contributed by atoms with Crippen LogP contribution in [0.3, 0.4) is 0 Å². The van der Waals surface area contributed by atoms with E-state index in [0.29, 0.717) is 18.1 Å². The smallest absolute Gasteiger partial charge is 0.270 e. The Balaban J connectivity index is 1.56. The number of hydrogen-bond acceptors (Lipinski definition) is 4. The Morgan fingerprint density at radius 1 is 1.29 bits per heavy atom. The molecule has 1 aliphatic rings. The van der Waals surface area contributed by atoms with Crippen molar-refractivity contribution in [1.29, 1.82) is 0 Å². The number of carbonyl (C=O) groups is 2. The van der Waals surface area contributed by atoms with Crippen LogP contribution in [0.5, 0.6) is 5.75 Å². The molecule has 124 valence electrons. The summed E-state index contributed by atoms with van der Waals surface area (Å²) in [6.07, 6.45) is 2.13. The van der Waals surface area contributed by atoms with Gasteiger partial charge in [-0.2, -0.15) is 0 Å². The highest BCUT2D eigenvalue weighted by Gasteiger charge is 2.22. The van der Waals surface area contributed by atoms with Crippen molar-refractivity contribution < 1.29 is 14.3 Å². The minimum atomic E-state index is -0.444. The predicted octanol–water partition coefficient (Wildman–Crippen LogP) is 2.10. The lowest BCUT2D eigenvalue weighted by atomic mass is 10.0. The van der Waals surface area contributed by atoms with E-state index >= 15 is 0 Å². The lowest BCUT2D eigenvalue weighted by molar-refractivity contribution is -0.121. The van der Waals surface area contributed by atoms with Gasteiger partial charge in [-0.15, -0.1) is 0 Å². The number of benzene rings is 1. The van der Waals surface area contributed by atoms with Gasteiger partial charge in [-0.3, -0.25) is 14.6 Å². The number of para-hydroxylation sites is 1. The van der Waals surface area contributed by atoms with Gasteiger partial charge in [0, 0.05) is 23.2 Å². The van der Waals surface area contributed by atoms with Crippen LogP contribution in [0.2, 0.25) is 5.02 Å². The first-order valence-corrected chi connectivity index (χ1v) is 7.92. The summed E-state index contributed by atoms with van der Waals surface area (Å²) in [5.74, 6) is 0.0633. The molecule has 1 aromatic carbocycles. The molecule has 2 amide bonds. The van der Waals surface area contributed by atoms with Crippen molar-refractivity contribution in [2.75, 3.05) is 13.2 Å². The molecular formula is C17H16ClN3O3. The molecule has 3 rings (SSSR count). The maximum Gasteiger partial charge on any atom is 0.270 e. The van der Waals surface area contributed by atoms with E-state index in [2.05, 4.69) is 15.6 Å². The molecular weight excluding hydrogens is 330 g/mol. The number of ether oxygens (including phenoxy) is 1. The maximum absolute atomic E-state index is 12.1. The van der Waals surface area contributed by atoms with E-state index in [4.69, 9.17) is 16.3 Å². The summed E-state index contributed by atoms with van der Waals surface area (Å²) in [7, 11) is 0. The Labute approximate surface area is 144 Å². The first-order valence-electron chi connectivity index (χ1n) is 7.54. The number of nitrogens with zero attached hydrogens (tertiary/aromatic N) is 1. The zero-order valence-corrected chi connectivity index (χ0v) is 13.5. The average molecular weight is 346 g/mol. The van der Waals surface area contributed by atoms with Crippen molar-refractivity contribution in [1.82, 2.24) is 15.6 Å². The van der Waals surface area contributed by atoms with Crippen molar-refractivity contribution in [2.45, 2.75) is 12.5 Å². The maximum atomic E-state index is 12.1. The summed E-state index contributed by atoms with van der Waals surface area (Å²) in [5, 5.41) is 5.86. The average Bonchev–Trinajstić information content (AvgIpc) is 2.60. The third kappa shape index (κ3) is 3.83. The Bertz CT molecular complexity index is 766. The van der Waals surface area contributed by atoms with Crippen molar-refractivity contribution in [3.63, 3.8) is 0 Å². The van der Waals surface area contributed by atoms with Crippen molar-refractivity contribution in [2.24, 2.45) is 0 Å². The summed E-state index contributed by atoms with van der Waals surface area (Å²) in [6, 6.07) is 10.5. The lowest BCUT2D eigenvalue weighted by Crippen LogP contribution is -2.40. The highest BCUT2D eigenvalue weighted by atomic mass is 35.5. The zero-order chi connectivity index (χ0) is 16.9. The van der Waals surface area contributed by atoms with Gasteiger partial charge in [-0.05, 0) is 18.2 Å². The quantitative estimate of drug-likeness (QED) is 0.889. The van der Waals surface area contributed by atoms with E-state index in [1.807, 2.05) is 24.3 Å². The first kappa shape index (κ1) is 16.3. The van der Waals surface area contributed by atoms with Crippen LogP contribution in [-0.4, -0.2) is 29.9 Å². The van der Waals surface area contributed by atoms with E-state index in [-0.39, 0.29) is 24.2 Å². The number of nitrogens with one attached hydrogen (secondary N) is 2. The SMILES string of the molecule is O=C(CNC(=O)c1cc(Cl)ccn1)N[C@@H]1CCOc2ccccc21. The van der Waals surface area contributed by atoms with Gasteiger partial charge in [-0.25, -0.2) is 0 Å². The van der Waals surface area contributed by atoms with Crippen molar-refractivity contribution in [3.05, 3.63) is 58.9 Å². The third-order valence-corrected chi connectivity index (χ3v) is 3.89. The number of hydrogen-bond donors (Lipinski definition) is 2. The molecule has 24 heavy (non-hydrogen) atoms. The topological polar surface area (TPSA) is 80.3 Å². The summed E-state index contributed by atoms with van der Waals surface area (Å²) < 4.78 is 5.56. The molecule has 0 bridgehead atoms. The van der Waals surface area contributed by atoms with Gasteiger partial charge in [0.1, 0.15) is 11.4 Å². The molecule has 2 N–H and O–H groups in total. The van der Waals surface area contributed by atoms with Crippen LogP contribution in [0.25, 0.3) is 0 Å². The van der Waals surface area contributed by atoms with E-state index in [0.717, 1.165) is 11.3 Å². The molecule has 2 heterocycles. The van der Waals surface area contributed by atoms with Crippen LogP contribution >= 0.6 is 11.6 Å². The highest BCUT2D eigenvalue weighted by molar-refractivity contribution is 6.30. The molecule has 1 aromatic heterocycles. The fraction of sp³-hybridized carbons (Fsp3) is 0.235. The van der Waals surface area contributed by atoms with Gasteiger partial charge in [0.05, 0.1) is 19.2 Å².